The predicted molar refractivity (Wildman–Crippen MR) is 185 cm³/mol. The number of ether oxygens (including phenoxy) is 2. The number of hydrogen-bond acceptors (Lipinski definition) is 8. The molecule has 0 aliphatic carbocycles. The molecule has 2 aliphatic heterocycles. The van der Waals surface area contributed by atoms with Crippen LogP contribution in [0.15, 0.2) is 58.0 Å². The zero-order valence-electron chi connectivity index (χ0n) is 28.8. The lowest BCUT2D eigenvalue weighted by Crippen LogP contribution is -2.36. The highest BCUT2D eigenvalue weighted by molar-refractivity contribution is 5.93. The monoisotopic (exact) mass is 666 g/mol. The minimum Gasteiger partial charge on any atom is -0.456 e. The molecule has 0 spiro atoms. The van der Waals surface area contributed by atoms with Crippen LogP contribution in [0.1, 0.15) is 91.0 Å². The van der Waals surface area contributed by atoms with E-state index in [1.54, 1.807) is 34.3 Å². The van der Waals surface area contributed by atoms with Gasteiger partial charge in [0.15, 0.2) is 0 Å². The maximum Gasteiger partial charge on any atom is 0.410 e. The molecule has 7 rings (SSSR count). The summed E-state index contributed by atoms with van der Waals surface area (Å²) in [6.45, 7) is 12.4. The lowest BCUT2D eigenvalue weighted by molar-refractivity contribution is 0.0208. The Hall–Kier alpha value is -5.13. The van der Waals surface area contributed by atoms with E-state index in [9.17, 15) is 14.4 Å². The van der Waals surface area contributed by atoms with Crippen LogP contribution in [0.4, 0.5) is 9.59 Å². The van der Waals surface area contributed by atoms with Crippen molar-refractivity contribution in [2.45, 2.75) is 90.5 Å². The average Bonchev–Trinajstić information content (AvgIpc) is 3.85. The molecule has 0 saturated carbocycles. The van der Waals surface area contributed by atoms with Crippen molar-refractivity contribution < 1.29 is 23.5 Å². The van der Waals surface area contributed by atoms with Gasteiger partial charge in [-0.3, -0.25) is 14.6 Å². The van der Waals surface area contributed by atoms with Crippen LogP contribution < -0.4 is 5.43 Å². The number of benzene rings is 2. The van der Waals surface area contributed by atoms with Crippen molar-refractivity contribution in [2.24, 2.45) is 0 Å². The van der Waals surface area contributed by atoms with Crippen molar-refractivity contribution in [3.63, 3.8) is 0 Å². The third-order valence-electron chi connectivity index (χ3n) is 8.88. The first-order valence-corrected chi connectivity index (χ1v) is 16.8. The standard InChI is InChI=1S/C37H42N6O6/c1-36(2,3)48-34(45)42-15-7-9-27(42)32-38-19-25(40-32)21-12-14-29-24(17-21)31(44)23-13-11-22(18-30(23)47-29)26-20-39-33(41-26)28-10-8-16-43(28)35(46)49-37(4,5)6/h11-14,17-20,27-28H,7-10,15-16H2,1-6H3,(H,38,40)(H,39,41)/t27-,28-/m1/s1. The molecule has 2 aromatic carbocycles. The number of carbonyl (C=O) groups is 2. The highest BCUT2D eigenvalue weighted by Gasteiger charge is 2.36. The smallest absolute Gasteiger partial charge is 0.410 e. The largest absolute Gasteiger partial charge is 0.456 e. The summed E-state index contributed by atoms with van der Waals surface area (Å²) in [6, 6.07) is 10.6. The van der Waals surface area contributed by atoms with E-state index in [-0.39, 0.29) is 29.7 Å². The van der Waals surface area contributed by atoms with Gasteiger partial charge in [0.25, 0.3) is 0 Å². The number of nitrogens with one attached hydrogen (secondary N) is 2. The maximum atomic E-state index is 13.7. The highest BCUT2D eigenvalue weighted by atomic mass is 16.6. The van der Waals surface area contributed by atoms with E-state index in [0.29, 0.717) is 46.7 Å². The summed E-state index contributed by atoms with van der Waals surface area (Å²) in [5, 5.41) is 0.918. The lowest BCUT2D eigenvalue weighted by atomic mass is 10.1. The van der Waals surface area contributed by atoms with E-state index in [0.717, 1.165) is 48.2 Å². The SMILES string of the molecule is CC(C)(C)OC(=O)N1CCC[C@@H]1c1ncc(-c2ccc3c(=O)c4cc(-c5cnc([C@H]6CCCN6C(=O)OC(C)(C)C)[nH]5)ccc4oc3c2)[nH]1. The second-order valence-electron chi connectivity index (χ2n) is 14.9. The van der Waals surface area contributed by atoms with Crippen molar-refractivity contribution in [3.05, 3.63) is 70.7 Å². The van der Waals surface area contributed by atoms with Gasteiger partial charge in [-0.15, -0.1) is 0 Å². The quantitative estimate of drug-likeness (QED) is 0.184. The summed E-state index contributed by atoms with van der Waals surface area (Å²) >= 11 is 0. The first-order chi connectivity index (χ1) is 23.2. The molecule has 0 radical (unpaired) electrons. The molecule has 3 aromatic heterocycles. The number of aromatic nitrogens is 4. The molecule has 2 fully saturated rings. The fraction of sp³-hybridized carbons (Fsp3) is 0.432. The molecule has 2 N–H and O–H groups in total. The third-order valence-corrected chi connectivity index (χ3v) is 8.88. The molecule has 2 amide bonds. The summed E-state index contributed by atoms with van der Waals surface area (Å²) < 4.78 is 17.5. The molecule has 12 heteroatoms. The van der Waals surface area contributed by atoms with Gasteiger partial charge in [0, 0.05) is 24.2 Å². The fourth-order valence-electron chi connectivity index (χ4n) is 6.67. The van der Waals surface area contributed by atoms with Crippen molar-refractivity contribution in [1.82, 2.24) is 29.7 Å². The zero-order chi connectivity index (χ0) is 34.7. The van der Waals surface area contributed by atoms with Crippen molar-refractivity contribution in [2.75, 3.05) is 13.1 Å². The first-order valence-electron chi connectivity index (χ1n) is 16.8. The van der Waals surface area contributed by atoms with Crippen molar-refractivity contribution in [3.8, 4) is 22.5 Å². The molecule has 2 aliphatic rings. The molecule has 256 valence electrons. The van der Waals surface area contributed by atoms with Gasteiger partial charge in [-0.05, 0) is 97.6 Å². The van der Waals surface area contributed by atoms with Crippen LogP contribution in [0.2, 0.25) is 0 Å². The van der Waals surface area contributed by atoms with Gasteiger partial charge in [-0.1, -0.05) is 6.07 Å². The maximum absolute atomic E-state index is 13.7. The number of nitrogens with zero attached hydrogens (tertiary/aromatic N) is 4. The number of imidazole rings is 2. The van der Waals surface area contributed by atoms with Crippen molar-refractivity contribution >= 4 is 34.1 Å². The number of aromatic amines is 2. The molecule has 12 nitrogen and oxygen atoms in total. The zero-order valence-corrected chi connectivity index (χ0v) is 28.8. The Morgan fingerprint density at radius 2 is 1.24 bits per heavy atom. The van der Waals surface area contributed by atoms with Gasteiger partial charge < -0.3 is 23.9 Å². The molecular formula is C37H42N6O6. The van der Waals surface area contributed by atoms with Crippen LogP contribution in [0, 0.1) is 0 Å². The van der Waals surface area contributed by atoms with Gasteiger partial charge in [0.2, 0.25) is 5.43 Å². The topological polar surface area (TPSA) is 147 Å². The minimum atomic E-state index is -0.582. The number of amides is 2. The Bertz CT molecular complexity index is 2120. The van der Waals surface area contributed by atoms with Gasteiger partial charge in [0.05, 0.1) is 46.6 Å². The Kier molecular flexibility index (Phi) is 7.99. The molecule has 5 aromatic rings. The van der Waals surface area contributed by atoms with E-state index in [1.165, 1.54) is 0 Å². The van der Waals surface area contributed by atoms with E-state index < -0.39 is 11.2 Å². The normalized spacial score (nSPS) is 18.5. The van der Waals surface area contributed by atoms with E-state index >= 15 is 0 Å². The Labute approximate surface area is 283 Å². The number of hydrogen-bond donors (Lipinski definition) is 2. The van der Waals surface area contributed by atoms with Crippen molar-refractivity contribution in [1.29, 1.82) is 0 Å². The van der Waals surface area contributed by atoms with Gasteiger partial charge in [-0.2, -0.15) is 0 Å². The molecular weight excluding hydrogens is 624 g/mol. The van der Waals surface area contributed by atoms with Crippen LogP contribution in [0.5, 0.6) is 0 Å². The van der Waals surface area contributed by atoms with Crippen LogP contribution in [-0.4, -0.2) is 66.2 Å². The Morgan fingerprint density at radius 3 is 1.78 bits per heavy atom. The number of H-pyrrole nitrogens is 2. The summed E-state index contributed by atoms with van der Waals surface area (Å²) in [5.41, 5.74) is 2.72. The van der Waals surface area contributed by atoms with Gasteiger partial charge in [0.1, 0.15) is 34.0 Å². The molecule has 49 heavy (non-hydrogen) atoms. The number of rotatable bonds is 4. The van der Waals surface area contributed by atoms with Gasteiger partial charge in [-0.25, -0.2) is 19.6 Å². The van der Waals surface area contributed by atoms with Crippen LogP contribution in [0.3, 0.4) is 0 Å². The predicted octanol–water partition coefficient (Wildman–Crippen LogP) is 7.87. The molecule has 2 saturated heterocycles. The fourth-order valence-corrected chi connectivity index (χ4v) is 6.67. The van der Waals surface area contributed by atoms with Crippen LogP contribution in [-0.2, 0) is 9.47 Å². The highest BCUT2D eigenvalue weighted by Crippen LogP contribution is 2.35. The summed E-state index contributed by atoms with van der Waals surface area (Å²) in [4.78, 5) is 58.8. The Balaban J connectivity index is 1.13. The number of fused-ring (bicyclic) bond motifs is 2. The number of likely N-dealkylation sites (tertiary alicyclic amines) is 2. The van der Waals surface area contributed by atoms with E-state index in [1.807, 2.05) is 65.8 Å². The number of carbonyl (C=O) groups excluding carboxylic acids is 2. The third kappa shape index (κ3) is 6.51. The van der Waals surface area contributed by atoms with Crippen LogP contribution >= 0.6 is 0 Å². The summed E-state index contributed by atoms with van der Waals surface area (Å²) in [6.07, 6.45) is 6.08. The average molecular weight is 667 g/mol. The van der Waals surface area contributed by atoms with Gasteiger partial charge >= 0.3 is 12.2 Å². The van der Waals surface area contributed by atoms with E-state index in [4.69, 9.17) is 13.9 Å². The Morgan fingerprint density at radius 1 is 0.735 bits per heavy atom. The first kappa shape index (κ1) is 32.4. The minimum absolute atomic E-state index is 0.138. The summed E-state index contributed by atoms with van der Waals surface area (Å²) in [5.74, 6) is 1.38. The second-order valence-corrected chi connectivity index (χ2v) is 14.9. The second kappa shape index (κ2) is 12.1. The molecule has 0 unspecified atom stereocenters. The van der Waals surface area contributed by atoms with E-state index in [2.05, 4.69) is 19.9 Å². The lowest BCUT2D eigenvalue weighted by Gasteiger charge is -2.27. The van der Waals surface area contributed by atoms with Crippen LogP contribution in [0.25, 0.3) is 44.5 Å². The molecule has 5 heterocycles. The molecule has 2 atom stereocenters. The summed E-state index contributed by atoms with van der Waals surface area (Å²) in [7, 11) is 0. The molecule has 0 bridgehead atoms.